The second kappa shape index (κ2) is 4.78. The minimum atomic E-state index is -0.00410. The van der Waals surface area contributed by atoms with Crippen molar-refractivity contribution in [2.45, 2.75) is 44.6 Å². The second-order valence-corrected chi connectivity index (χ2v) is 4.71. The molecule has 1 aliphatic rings. The third-order valence-electron chi connectivity index (χ3n) is 3.20. The maximum Gasteiger partial charge on any atom is 0.129 e. The Labute approximate surface area is 96.7 Å². The van der Waals surface area contributed by atoms with Gasteiger partial charge in [-0.05, 0) is 25.7 Å². The lowest BCUT2D eigenvalue weighted by Gasteiger charge is -2.38. The van der Waals surface area contributed by atoms with Gasteiger partial charge in [0.25, 0.3) is 0 Å². The fourth-order valence-corrected chi connectivity index (χ4v) is 1.96. The molecule has 1 aromatic heterocycles. The minimum Gasteiger partial charge on any atom is -0.368 e. The first-order valence-corrected chi connectivity index (χ1v) is 6.05. The Morgan fingerprint density at radius 3 is 2.88 bits per heavy atom. The van der Waals surface area contributed by atoms with Crippen LogP contribution in [-0.2, 0) is 6.42 Å². The third kappa shape index (κ3) is 2.70. The highest BCUT2D eigenvalue weighted by molar-refractivity contribution is 5.35. The van der Waals surface area contributed by atoms with Gasteiger partial charge in [-0.15, -0.1) is 0 Å². The lowest BCUT2D eigenvalue weighted by atomic mass is 9.78. The van der Waals surface area contributed by atoms with Crippen LogP contribution in [0.1, 0.15) is 38.3 Å². The second-order valence-electron chi connectivity index (χ2n) is 4.71. The van der Waals surface area contributed by atoms with Crippen molar-refractivity contribution in [3.05, 3.63) is 18.1 Å². The summed E-state index contributed by atoms with van der Waals surface area (Å²) in [4.78, 5) is 8.43. The molecule has 1 aromatic rings. The van der Waals surface area contributed by atoms with E-state index in [2.05, 4.69) is 22.2 Å². The van der Waals surface area contributed by atoms with E-state index in [4.69, 9.17) is 5.73 Å². The minimum absolute atomic E-state index is 0.00410. The molecule has 1 heterocycles. The fraction of sp³-hybridized carbons (Fsp3) is 0.667. The van der Waals surface area contributed by atoms with Crippen LogP contribution in [0.5, 0.6) is 0 Å². The van der Waals surface area contributed by atoms with Gasteiger partial charge in [0.15, 0.2) is 0 Å². The molecule has 2 rings (SSSR count). The topological polar surface area (TPSA) is 63.8 Å². The number of nitrogens with two attached hydrogens (primary N) is 1. The number of aromatic nitrogens is 2. The van der Waals surface area contributed by atoms with Crippen LogP contribution in [-0.4, -0.2) is 22.1 Å². The molecule has 1 saturated carbocycles. The molecule has 16 heavy (non-hydrogen) atoms. The summed E-state index contributed by atoms with van der Waals surface area (Å²) >= 11 is 0. The summed E-state index contributed by atoms with van der Waals surface area (Å²) in [5, 5.41) is 3.31. The van der Waals surface area contributed by atoms with E-state index in [9.17, 15) is 0 Å². The molecule has 0 unspecified atom stereocenters. The van der Waals surface area contributed by atoms with E-state index < -0.39 is 0 Å². The first-order chi connectivity index (χ1) is 7.72. The molecule has 0 amide bonds. The van der Waals surface area contributed by atoms with Gasteiger partial charge in [-0.1, -0.05) is 13.3 Å². The highest BCUT2D eigenvalue weighted by atomic mass is 15.0. The van der Waals surface area contributed by atoms with Crippen molar-refractivity contribution in [2.75, 3.05) is 11.9 Å². The highest BCUT2D eigenvalue weighted by Crippen LogP contribution is 2.28. The van der Waals surface area contributed by atoms with E-state index >= 15 is 0 Å². The Balaban J connectivity index is 1.90. The van der Waals surface area contributed by atoms with E-state index in [1.165, 1.54) is 6.42 Å². The van der Waals surface area contributed by atoms with Gasteiger partial charge in [0.05, 0.1) is 0 Å². The van der Waals surface area contributed by atoms with E-state index in [-0.39, 0.29) is 5.54 Å². The number of hydrogen-bond donors (Lipinski definition) is 2. The van der Waals surface area contributed by atoms with Crippen LogP contribution < -0.4 is 11.1 Å². The van der Waals surface area contributed by atoms with Gasteiger partial charge in [0, 0.05) is 23.8 Å². The largest absolute Gasteiger partial charge is 0.368 e. The maximum atomic E-state index is 6.14. The number of hydrogen-bond acceptors (Lipinski definition) is 4. The summed E-state index contributed by atoms with van der Waals surface area (Å²) in [6, 6.07) is 2.02. The van der Waals surface area contributed by atoms with Crippen molar-refractivity contribution in [1.29, 1.82) is 0 Å². The van der Waals surface area contributed by atoms with Crippen molar-refractivity contribution in [1.82, 2.24) is 9.97 Å². The summed E-state index contributed by atoms with van der Waals surface area (Å²) in [5.74, 6) is 0.898. The molecule has 4 nitrogen and oxygen atoms in total. The van der Waals surface area contributed by atoms with Gasteiger partial charge in [-0.25, -0.2) is 9.97 Å². The summed E-state index contributed by atoms with van der Waals surface area (Å²) < 4.78 is 0. The van der Waals surface area contributed by atoms with E-state index in [1.807, 2.05) is 6.07 Å². The lowest BCUT2D eigenvalue weighted by molar-refractivity contribution is 0.265. The quantitative estimate of drug-likeness (QED) is 0.793. The van der Waals surface area contributed by atoms with Crippen LogP contribution in [0.2, 0.25) is 0 Å². The Morgan fingerprint density at radius 2 is 2.25 bits per heavy atom. The zero-order chi connectivity index (χ0) is 11.4. The van der Waals surface area contributed by atoms with Crippen molar-refractivity contribution in [3.8, 4) is 0 Å². The van der Waals surface area contributed by atoms with E-state index in [1.54, 1.807) is 6.33 Å². The molecule has 0 aromatic carbocycles. The summed E-state index contributed by atoms with van der Waals surface area (Å²) in [6.07, 6.45) is 7.22. The zero-order valence-corrected chi connectivity index (χ0v) is 9.87. The lowest BCUT2D eigenvalue weighted by Crippen LogP contribution is -2.52. The highest BCUT2D eigenvalue weighted by Gasteiger charge is 2.32. The smallest absolute Gasteiger partial charge is 0.129 e. The van der Waals surface area contributed by atoms with Crippen LogP contribution in [0.4, 0.5) is 5.82 Å². The van der Waals surface area contributed by atoms with Crippen LogP contribution in [0, 0.1) is 0 Å². The van der Waals surface area contributed by atoms with Crippen molar-refractivity contribution < 1.29 is 0 Å². The van der Waals surface area contributed by atoms with Gasteiger partial charge in [-0.2, -0.15) is 0 Å². The Kier molecular flexibility index (Phi) is 3.39. The number of aryl methyl sites for hydroxylation is 1. The van der Waals surface area contributed by atoms with Gasteiger partial charge in [0.2, 0.25) is 0 Å². The Hall–Kier alpha value is -1.16. The molecule has 0 aliphatic heterocycles. The molecule has 0 radical (unpaired) electrons. The fourth-order valence-electron chi connectivity index (χ4n) is 1.96. The average molecular weight is 220 g/mol. The molecule has 1 fully saturated rings. The van der Waals surface area contributed by atoms with Gasteiger partial charge >= 0.3 is 0 Å². The first kappa shape index (κ1) is 11.3. The van der Waals surface area contributed by atoms with Crippen molar-refractivity contribution in [3.63, 3.8) is 0 Å². The molecule has 0 bridgehead atoms. The molecular weight excluding hydrogens is 200 g/mol. The summed E-state index contributed by atoms with van der Waals surface area (Å²) in [6.45, 7) is 2.97. The van der Waals surface area contributed by atoms with E-state index in [0.29, 0.717) is 0 Å². The Bertz CT molecular complexity index is 347. The molecule has 0 spiro atoms. The van der Waals surface area contributed by atoms with Gasteiger partial charge < -0.3 is 11.1 Å². The van der Waals surface area contributed by atoms with Crippen LogP contribution in [0.3, 0.4) is 0 Å². The van der Waals surface area contributed by atoms with Crippen molar-refractivity contribution in [2.24, 2.45) is 5.73 Å². The third-order valence-corrected chi connectivity index (χ3v) is 3.20. The number of nitrogens with one attached hydrogen (secondary N) is 1. The summed E-state index contributed by atoms with van der Waals surface area (Å²) in [7, 11) is 0. The number of rotatable bonds is 5. The predicted molar refractivity (Wildman–Crippen MR) is 65.3 cm³/mol. The molecular formula is C12H20N4. The molecule has 3 N–H and O–H groups in total. The van der Waals surface area contributed by atoms with Crippen LogP contribution >= 0.6 is 0 Å². The van der Waals surface area contributed by atoms with Gasteiger partial charge in [0.1, 0.15) is 12.1 Å². The molecule has 88 valence electrons. The predicted octanol–water partition coefficient (Wildman–Crippen LogP) is 1.72. The van der Waals surface area contributed by atoms with E-state index in [0.717, 1.165) is 43.7 Å². The Morgan fingerprint density at radius 1 is 1.44 bits per heavy atom. The van der Waals surface area contributed by atoms with Crippen LogP contribution in [0.15, 0.2) is 12.4 Å². The molecule has 1 aliphatic carbocycles. The first-order valence-electron chi connectivity index (χ1n) is 6.05. The normalized spacial score (nSPS) is 17.9. The SMILES string of the molecule is CCCc1cc(NCC2(N)CCC2)ncn1. The van der Waals surface area contributed by atoms with Crippen LogP contribution in [0.25, 0.3) is 0 Å². The molecule has 0 saturated heterocycles. The van der Waals surface area contributed by atoms with Gasteiger partial charge in [-0.3, -0.25) is 0 Å². The summed E-state index contributed by atoms with van der Waals surface area (Å²) in [5.41, 5.74) is 7.23. The number of nitrogens with zero attached hydrogens (tertiary/aromatic N) is 2. The monoisotopic (exact) mass is 220 g/mol. The molecule has 4 heteroatoms. The standard InChI is InChI=1S/C12H20N4/c1-2-4-10-7-11(16-9-15-10)14-8-12(13)5-3-6-12/h7,9H,2-6,8,13H2,1H3,(H,14,15,16). The zero-order valence-electron chi connectivity index (χ0n) is 9.87. The maximum absolute atomic E-state index is 6.14. The van der Waals surface area contributed by atoms with Crippen molar-refractivity contribution >= 4 is 5.82 Å². The molecule has 0 atom stereocenters. The average Bonchev–Trinajstić information content (AvgIpc) is 2.25. The number of anilines is 1.